The summed E-state index contributed by atoms with van der Waals surface area (Å²) in [6, 6.07) is 15.4. The van der Waals surface area contributed by atoms with Gasteiger partial charge in [-0.3, -0.25) is 14.5 Å². The molecule has 0 spiro atoms. The SMILES string of the molecule is CS(=O)(=O)Nc1ccc2cc(C(=O)Nc3cccc(S(=O)(=O)c4cccnc4)c3)[nH]c2c1. The van der Waals surface area contributed by atoms with E-state index in [-0.39, 0.29) is 15.5 Å². The fraction of sp³-hybridized carbons (Fsp3) is 0.0476. The van der Waals surface area contributed by atoms with Gasteiger partial charge in [-0.2, -0.15) is 0 Å². The van der Waals surface area contributed by atoms with Crippen molar-refractivity contribution >= 4 is 48.0 Å². The molecule has 9 nitrogen and oxygen atoms in total. The summed E-state index contributed by atoms with van der Waals surface area (Å²) in [4.78, 5) is 19.6. The fourth-order valence-corrected chi connectivity index (χ4v) is 4.93. The molecule has 0 radical (unpaired) electrons. The Bertz CT molecular complexity index is 1530. The van der Waals surface area contributed by atoms with Crippen molar-refractivity contribution in [3.63, 3.8) is 0 Å². The van der Waals surface area contributed by atoms with Gasteiger partial charge in [0.1, 0.15) is 5.69 Å². The molecule has 0 fully saturated rings. The van der Waals surface area contributed by atoms with Gasteiger partial charge in [0.2, 0.25) is 19.9 Å². The van der Waals surface area contributed by atoms with Gasteiger partial charge in [-0.25, -0.2) is 16.8 Å². The minimum atomic E-state index is -3.78. The molecule has 4 aromatic rings. The molecule has 2 heterocycles. The summed E-state index contributed by atoms with van der Waals surface area (Å²) in [5.41, 5.74) is 1.47. The molecule has 0 saturated heterocycles. The molecular formula is C21H18N4O5S2. The van der Waals surface area contributed by atoms with Crippen molar-refractivity contribution in [2.75, 3.05) is 16.3 Å². The molecule has 2 aromatic heterocycles. The van der Waals surface area contributed by atoms with E-state index in [4.69, 9.17) is 0 Å². The Morgan fingerprint density at radius 2 is 1.69 bits per heavy atom. The number of aromatic amines is 1. The second-order valence-electron chi connectivity index (χ2n) is 7.03. The smallest absolute Gasteiger partial charge is 0.272 e. The van der Waals surface area contributed by atoms with E-state index in [2.05, 4.69) is 20.0 Å². The molecule has 0 unspecified atom stereocenters. The molecule has 0 aliphatic heterocycles. The highest BCUT2D eigenvalue weighted by Crippen LogP contribution is 2.24. The number of carbonyl (C=O) groups excluding carboxylic acids is 1. The van der Waals surface area contributed by atoms with Crippen molar-refractivity contribution in [3.05, 3.63) is 78.8 Å². The average Bonchev–Trinajstić information content (AvgIpc) is 3.17. The molecule has 32 heavy (non-hydrogen) atoms. The van der Waals surface area contributed by atoms with Crippen molar-refractivity contribution in [1.82, 2.24) is 9.97 Å². The Balaban J connectivity index is 1.58. The molecule has 3 N–H and O–H groups in total. The number of pyridine rings is 1. The van der Waals surface area contributed by atoms with E-state index in [9.17, 15) is 21.6 Å². The largest absolute Gasteiger partial charge is 0.350 e. The average molecular weight is 471 g/mol. The topological polar surface area (TPSA) is 138 Å². The number of rotatable bonds is 6. The van der Waals surface area contributed by atoms with Crippen LogP contribution in [0.1, 0.15) is 10.5 Å². The summed E-state index contributed by atoms with van der Waals surface area (Å²) in [5, 5.41) is 3.38. The van der Waals surface area contributed by atoms with Crippen LogP contribution in [0.5, 0.6) is 0 Å². The maximum absolute atomic E-state index is 12.8. The van der Waals surface area contributed by atoms with Crippen LogP contribution in [0.2, 0.25) is 0 Å². The van der Waals surface area contributed by atoms with Gasteiger partial charge in [0.05, 0.1) is 21.7 Å². The van der Waals surface area contributed by atoms with E-state index >= 15 is 0 Å². The number of carbonyl (C=O) groups is 1. The highest BCUT2D eigenvalue weighted by atomic mass is 32.2. The first-order chi connectivity index (χ1) is 15.1. The molecule has 0 aliphatic carbocycles. The van der Waals surface area contributed by atoms with Crippen LogP contribution >= 0.6 is 0 Å². The van der Waals surface area contributed by atoms with E-state index in [0.717, 1.165) is 6.26 Å². The second kappa shape index (κ2) is 8.09. The van der Waals surface area contributed by atoms with Gasteiger partial charge in [-0.15, -0.1) is 0 Å². The third-order valence-electron chi connectivity index (χ3n) is 4.52. The number of sulfonamides is 1. The predicted molar refractivity (Wildman–Crippen MR) is 121 cm³/mol. The Hall–Kier alpha value is -3.70. The zero-order valence-corrected chi connectivity index (χ0v) is 18.4. The zero-order chi connectivity index (χ0) is 22.9. The Morgan fingerprint density at radius 1 is 0.906 bits per heavy atom. The number of aromatic nitrogens is 2. The lowest BCUT2D eigenvalue weighted by Crippen LogP contribution is -2.13. The number of sulfone groups is 1. The molecule has 11 heteroatoms. The lowest BCUT2D eigenvalue weighted by Gasteiger charge is -2.08. The van der Waals surface area contributed by atoms with Gasteiger partial charge in [0.25, 0.3) is 5.91 Å². The standard InChI is InChI=1S/C21H18N4O5S2/c1-31(27,28)25-16-8-7-14-10-20(24-19(14)12-16)21(26)23-15-4-2-5-17(11-15)32(29,30)18-6-3-9-22-13-18/h2-13,24-25H,1H3,(H,23,26). The molecule has 0 bridgehead atoms. The monoisotopic (exact) mass is 470 g/mol. The third kappa shape index (κ3) is 4.63. The van der Waals surface area contributed by atoms with Gasteiger partial charge in [-0.05, 0) is 48.5 Å². The highest BCUT2D eigenvalue weighted by molar-refractivity contribution is 7.92. The Kier molecular flexibility index (Phi) is 5.45. The Labute approximate surface area is 184 Å². The van der Waals surface area contributed by atoms with Gasteiger partial charge >= 0.3 is 0 Å². The van der Waals surface area contributed by atoms with Crippen molar-refractivity contribution in [3.8, 4) is 0 Å². The molecule has 164 valence electrons. The van der Waals surface area contributed by atoms with Crippen LogP contribution < -0.4 is 10.0 Å². The predicted octanol–water partition coefficient (Wildman–Crippen LogP) is 3.02. The van der Waals surface area contributed by atoms with Gasteiger partial charge in [0, 0.05) is 29.0 Å². The van der Waals surface area contributed by atoms with Crippen LogP contribution in [0, 0.1) is 0 Å². The van der Waals surface area contributed by atoms with Gasteiger partial charge < -0.3 is 10.3 Å². The second-order valence-corrected chi connectivity index (χ2v) is 10.7. The number of hydrogen-bond acceptors (Lipinski definition) is 6. The van der Waals surface area contributed by atoms with Crippen molar-refractivity contribution in [1.29, 1.82) is 0 Å². The number of fused-ring (bicyclic) bond motifs is 1. The van der Waals surface area contributed by atoms with Crippen LogP contribution in [-0.4, -0.2) is 39.0 Å². The van der Waals surface area contributed by atoms with Crippen LogP contribution in [0.4, 0.5) is 11.4 Å². The third-order valence-corrected chi connectivity index (χ3v) is 6.86. The number of nitrogens with zero attached hydrogens (tertiary/aromatic N) is 1. The van der Waals surface area contributed by atoms with Crippen LogP contribution in [0.15, 0.2) is 82.8 Å². The first-order valence-corrected chi connectivity index (χ1v) is 12.7. The summed E-state index contributed by atoms with van der Waals surface area (Å²) < 4.78 is 50.8. The van der Waals surface area contributed by atoms with Crippen LogP contribution in [-0.2, 0) is 19.9 Å². The molecule has 0 atom stereocenters. The number of hydrogen-bond donors (Lipinski definition) is 3. The molecule has 4 rings (SSSR count). The molecule has 2 aromatic carbocycles. The first kappa shape index (κ1) is 21.5. The van der Waals surface area contributed by atoms with Crippen molar-refractivity contribution in [2.45, 2.75) is 9.79 Å². The lowest BCUT2D eigenvalue weighted by atomic mass is 10.2. The van der Waals surface area contributed by atoms with E-state index < -0.39 is 25.8 Å². The van der Waals surface area contributed by atoms with Crippen molar-refractivity contribution < 1.29 is 21.6 Å². The number of benzene rings is 2. The van der Waals surface area contributed by atoms with Crippen molar-refractivity contribution in [2.24, 2.45) is 0 Å². The minimum absolute atomic E-state index is 0.0245. The normalized spacial score (nSPS) is 11.9. The van der Waals surface area contributed by atoms with Gasteiger partial charge in [-0.1, -0.05) is 12.1 Å². The van der Waals surface area contributed by atoms with E-state index in [1.54, 1.807) is 30.3 Å². The van der Waals surface area contributed by atoms with E-state index in [1.165, 1.54) is 42.7 Å². The first-order valence-electron chi connectivity index (χ1n) is 9.29. The summed E-state index contributed by atoms with van der Waals surface area (Å²) >= 11 is 0. The fourth-order valence-electron chi connectivity index (χ4n) is 3.11. The molecular weight excluding hydrogens is 452 g/mol. The summed E-state index contributed by atoms with van der Waals surface area (Å²) in [6.45, 7) is 0. The summed E-state index contributed by atoms with van der Waals surface area (Å²) in [5.74, 6) is -0.477. The maximum atomic E-state index is 12.8. The lowest BCUT2D eigenvalue weighted by molar-refractivity contribution is 0.102. The number of nitrogens with one attached hydrogen (secondary N) is 3. The number of anilines is 2. The zero-order valence-electron chi connectivity index (χ0n) is 16.7. The molecule has 1 amide bonds. The highest BCUT2D eigenvalue weighted by Gasteiger charge is 2.19. The van der Waals surface area contributed by atoms with E-state index in [0.29, 0.717) is 22.3 Å². The summed E-state index contributed by atoms with van der Waals surface area (Å²) in [6.07, 6.45) is 3.79. The van der Waals surface area contributed by atoms with Crippen LogP contribution in [0.25, 0.3) is 10.9 Å². The minimum Gasteiger partial charge on any atom is -0.350 e. The van der Waals surface area contributed by atoms with Gasteiger partial charge in [0.15, 0.2) is 0 Å². The molecule has 0 saturated carbocycles. The Morgan fingerprint density at radius 3 is 2.41 bits per heavy atom. The number of amides is 1. The van der Waals surface area contributed by atoms with E-state index in [1.807, 2.05) is 0 Å². The quantitative estimate of drug-likeness (QED) is 0.396. The number of H-pyrrole nitrogens is 1. The maximum Gasteiger partial charge on any atom is 0.272 e. The van der Waals surface area contributed by atoms with Crippen LogP contribution in [0.3, 0.4) is 0 Å². The summed E-state index contributed by atoms with van der Waals surface area (Å²) in [7, 11) is -7.21. The molecule has 0 aliphatic rings.